The van der Waals surface area contributed by atoms with Gasteiger partial charge in [0.2, 0.25) is 0 Å². The third-order valence-electron chi connectivity index (χ3n) is 4.14. The Morgan fingerprint density at radius 1 is 1.59 bits per heavy atom. The van der Waals surface area contributed by atoms with Gasteiger partial charge in [-0.3, -0.25) is 0 Å². The van der Waals surface area contributed by atoms with Crippen LogP contribution >= 0.6 is 22.9 Å². The zero-order chi connectivity index (χ0) is 12.0. The van der Waals surface area contributed by atoms with Gasteiger partial charge in [-0.05, 0) is 31.4 Å². The van der Waals surface area contributed by atoms with E-state index in [1.165, 1.54) is 11.3 Å². The molecule has 0 radical (unpaired) electrons. The average molecular weight is 274 g/mol. The Labute approximate surface area is 110 Å². The van der Waals surface area contributed by atoms with Crippen molar-refractivity contribution in [3.8, 4) is 0 Å². The molecule has 1 aromatic heterocycles. The van der Waals surface area contributed by atoms with E-state index >= 15 is 0 Å². The molecule has 2 saturated heterocycles. The Morgan fingerprint density at radius 2 is 2.41 bits per heavy atom. The summed E-state index contributed by atoms with van der Waals surface area (Å²) < 4.78 is 6.56. The van der Waals surface area contributed by atoms with Crippen molar-refractivity contribution in [1.29, 1.82) is 0 Å². The molecular weight excluding hydrogens is 258 g/mol. The summed E-state index contributed by atoms with van der Waals surface area (Å²) in [6.45, 7) is 0.463. The van der Waals surface area contributed by atoms with Crippen LogP contribution in [0.4, 0.5) is 0 Å². The van der Waals surface area contributed by atoms with Crippen molar-refractivity contribution in [2.75, 3.05) is 6.54 Å². The largest absolute Gasteiger partial charge is 0.387 e. The van der Waals surface area contributed by atoms with Crippen LogP contribution in [0.5, 0.6) is 0 Å². The molecule has 2 aliphatic rings. The molecule has 5 heteroatoms. The second-order valence-electron chi connectivity index (χ2n) is 5.01. The molecule has 3 N–H and O–H groups in total. The number of fused-ring (bicyclic) bond motifs is 2. The van der Waals surface area contributed by atoms with Crippen LogP contribution in [0.2, 0.25) is 4.34 Å². The molecule has 2 aliphatic heterocycles. The lowest BCUT2D eigenvalue weighted by atomic mass is 9.69. The van der Waals surface area contributed by atoms with Gasteiger partial charge in [0.15, 0.2) is 0 Å². The number of hydrogen-bond donors (Lipinski definition) is 2. The van der Waals surface area contributed by atoms with E-state index in [0.29, 0.717) is 10.9 Å². The molecule has 4 unspecified atom stereocenters. The topological polar surface area (TPSA) is 55.5 Å². The number of rotatable bonds is 3. The Morgan fingerprint density at radius 3 is 2.88 bits per heavy atom. The number of hydrogen-bond acceptors (Lipinski definition) is 4. The molecule has 0 spiro atoms. The quantitative estimate of drug-likeness (QED) is 0.889. The fraction of sp³-hybridized carbons (Fsp3) is 0.667. The zero-order valence-electron chi connectivity index (χ0n) is 9.43. The summed E-state index contributed by atoms with van der Waals surface area (Å²) in [6, 6.07) is 3.71. The monoisotopic (exact) mass is 273 g/mol. The van der Waals surface area contributed by atoms with E-state index < -0.39 is 6.10 Å². The van der Waals surface area contributed by atoms with E-state index in [9.17, 15) is 5.11 Å². The van der Waals surface area contributed by atoms with Gasteiger partial charge in [0.25, 0.3) is 0 Å². The molecule has 3 heterocycles. The van der Waals surface area contributed by atoms with E-state index in [0.717, 1.165) is 24.1 Å². The molecule has 1 aromatic rings. The zero-order valence-corrected chi connectivity index (χ0v) is 11.0. The maximum absolute atomic E-state index is 10.6. The Bertz CT molecular complexity index is 424. The van der Waals surface area contributed by atoms with Gasteiger partial charge in [0, 0.05) is 16.8 Å². The van der Waals surface area contributed by atoms with Gasteiger partial charge in [-0.25, -0.2) is 0 Å². The summed E-state index contributed by atoms with van der Waals surface area (Å²) in [6.07, 6.45) is 2.81. The van der Waals surface area contributed by atoms with Crippen LogP contribution in [0.25, 0.3) is 0 Å². The minimum absolute atomic E-state index is 0.105. The summed E-state index contributed by atoms with van der Waals surface area (Å²) >= 11 is 7.35. The summed E-state index contributed by atoms with van der Waals surface area (Å²) in [5.74, 6) is 0. The second kappa shape index (κ2) is 4.21. The number of aliphatic hydroxyl groups excluding tert-OH is 1. The van der Waals surface area contributed by atoms with Crippen LogP contribution in [-0.2, 0) is 4.74 Å². The number of aliphatic hydroxyl groups is 1. The smallest absolute Gasteiger partial charge is 0.0976 e. The first-order valence-electron chi connectivity index (χ1n) is 5.94. The van der Waals surface area contributed by atoms with Crippen LogP contribution in [0.3, 0.4) is 0 Å². The van der Waals surface area contributed by atoms with Gasteiger partial charge < -0.3 is 15.6 Å². The predicted octanol–water partition coefficient (Wildman–Crippen LogP) is 2.33. The van der Waals surface area contributed by atoms with E-state index in [4.69, 9.17) is 22.1 Å². The predicted molar refractivity (Wildman–Crippen MR) is 68.3 cm³/mol. The van der Waals surface area contributed by atoms with Gasteiger partial charge in [-0.15, -0.1) is 11.3 Å². The molecule has 3 rings (SSSR count). The minimum Gasteiger partial charge on any atom is -0.387 e. The van der Waals surface area contributed by atoms with E-state index in [1.807, 2.05) is 12.1 Å². The van der Waals surface area contributed by atoms with Crippen molar-refractivity contribution in [3.05, 3.63) is 21.3 Å². The summed E-state index contributed by atoms with van der Waals surface area (Å²) in [4.78, 5) is 0.900. The summed E-state index contributed by atoms with van der Waals surface area (Å²) in [5.41, 5.74) is 5.62. The molecule has 0 saturated carbocycles. The van der Waals surface area contributed by atoms with Crippen molar-refractivity contribution in [2.45, 2.75) is 37.6 Å². The van der Waals surface area contributed by atoms with Gasteiger partial charge in [0.1, 0.15) is 0 Å². The van der Waals surface area contributed by atoms with Crippen molar-refractivity contribution in [3.63, 3.8) is 0 Å². The van der Waals surface area contributed by atoms with Gasteiger partial charge in [-0.1, -0.05) is 11.6 Å². The Balaban J connectivity index is 1.91. The Hall–Kier alpha value is -0.130. The lowest BCUT2D eigenvalue weighted by Gasteiger charge is -2.38. The highest BCUT2D eigenvalue weighted by molar-refractivity contribution is 7.16. The van der Waals surface area contributed by atoms with Crippen LogP contribution in [-0.4, -0.2) is 23.9 Å². The van der Waals surface area contributed by atoms with Crippen LogP contribution in [0.15, 0.2) is 12.1 Å². The van der Waals surface area contributed by atoms with Crippen molar-refractivity contribution in [2.24, 2.45) is 11.1 Å². The maximum Gasteiger partial charge on any atom is 0.0976 e. The lowest BCUT2D eigenvalue weighted by molar-refractivity contribution is -0.0245. The first kappa shape index (κ1) is 11.9. The first-order valence-corrected chi connectivity index (χ1v) is 7.14. The van der Waals surface area contributed by atoms with Crippen molar-refractivity contribution < 1.29 is 9.84 Å². The maximum atomic E-state index is 10.6. The second-order valence-corrected chi connectivity index (χ2v) is 6.76. The number of halogens is 1. The normalized spacial score (nSPS) is 37.6. The third-order valence-corrected chi connectivity index (χ3v) is 5.43. The van der Waals surface area contributed by atoms with E-state index in [2.05, 4.69) is 0 Å². The first-order chi connectivity index (χ1) is 8.15. The number of nitrogens with two attached hydrogens (primary N) is 1. The van der Waals surface area contributed by atoms with Gasteiger partial charge in [0.05, 0.1) is 22.6 Å². The molecule has 17 heavy (non-hydrogen) atoms. The highest BCUT2D eigenvalue weighted by atomic mass is 35.5. The Kier molecular flexibility index (Phi) is 2.96. The molecule has 2 bridgehead atoms. The van der Waals surface area contributed by atoms with Crippen LogP contribution in [0, 0.1) is 5.41 Å². The van der Waals surface area contributed by atoms with E-state index in [-0.39, 0.29) is 17.6 Å². The van der Waals surface area contributed by atoms with E-state index in [1.54, 1.807) is 0 Å². The molecule has 3 nitrogen and oxygen atoms in total. The summed E-state index contributed by atoms with van der Waals surface area (Å²) in [7, 11) is 0. The van der Waals surface area contributed by atoms with Crippen LogP contribution in [0.1, 0.15) is 30.2 Å². The summed E-state index contributed by atoms with van der Waals surface area (Å²) in [5, 5.41) is 10.6. The fourth-order valence-electron chi connectivity index (χ4n) is 3.21. The third kappa shape index (κ3) is 1.74. The average Bonchev–Trinajstić information content (AvgIpc) is 3.02. The molecule has 0 aromatic carbocycles. The molecule has 94 valence electrons. The lowest BCUT2D eigenvalue weighted by Crippen LogP contribution is -2.44. The fourth-order valence-corrected chi connectivity index (χ4v) is 4.38. The van der Waals surface area contributed by atoms with Crippen molar-refractivity contribution in [1.82, 2.24) is 0 Å². The molecule has 2 fully saturated rings. The highest BCUT2D eigenvalue weighted by Gasteiger charge is 2.56. The standard InChI is InChI=1S/C12H16ClNO2S/c13-10-4-2-8(17-10)11(15)12(6-14)5-7-1-3-9(12)16-7/h2,4,7,9,11,15H,1,3,5-6,14H2. The van der Waals surface area contributed by atoms with Gasteiger partial charge in [-0.2, -0.15) is 0 Å². The minimum atomic E-state index is -0.555. The molecule has 0 amide bonds. The van der Waals surface area contributed by atoms with Crippen molar-refractivity contribution >= 4 is 22.9 Å². The van der Waals surface area contributed by atoms with Crippen LogP contribution < -0.4 is 5.73 Å². The number of ether oxygens (including phenoxy) is 1. The van der Waals surface area contributed by atoms with Gasteiger partial charge >= 0.3 is 0 Å². The highest BCUT2D eigenvalue weighted by Crippen LogP contribution is 2.54. The number of thiophene rings is 1. The SMILES string of the molecule is NCC1(C(O)c2ccc(Cl)s2)CC2CCC1O2. The molecule has 0 aliphatic carbocycles. The molecular formula is C12H16ClNO2S. The molecule has 4 atom stereocenters.